The number of imide groups is 1. The molecule has 0 bridgehead atoms. The summed E-state index contributed by atoms with van der Waals surface area (Å²) in [6.45, 7) is 1.15. The lowest BCUT2D eigenvalue weighted by atomic mass is 9.91. The molecule has 4 aliphatic rings. The number of rotatable bonds is 16. The van der Waals surface area contributed by atoms with Gasteiger partial charge in [-0.25, -0.2) is 14.8 Å². The maximum atomic E-state index is 12.9. The summed E-state index contributed by atoms with van der Waals surface area (Å²) < 4.78 is 1.92. The fraction of sp³-hybridized carbons (Fsp3) is 0.579. The molecule has 0 aromatic carbocycles. The minimum atomic E-state index is -0.634. The number of carbonyl (C=O) groups excluding carboxylic acids is 5. The molecule has 1 unspecified atom stereocenters. The lowest BCUT2D eigenvalue weighted by molar-refractivity contribution is -0.137. The molecule has 6 amide bonds. The topological polar surface area (TPSA) is 192 Å². The van der Waals surface area contributed by atoms with E-state index in [0.29, 0.717) is 59.9 Å². The number of thiophene rings is 1. The molecule has 3 aromatic heterocycles. The van der Waals surface area contributed by atoms with E-state index < -0.39 is 11.9 Å². The van der Waals surface area contributed by atoms with E-state index in [4.69, 9.17) is 16.6 Å². The number of urea groups is 1. The number of aryl methyl sites for hydroxylation is 1. The minimum absolute atomic E-state index is 0.0861. The van der Waals surface area contributed by atoms with Crippen LogP contribution in [0.5, 0.6) is 0 Å². The van der Waals surface area contributed by atoms with E-state index in [1.165, 1.54) is 29.1 Å². The summed E-state index contributed by atoms with van der Waals surface area (Å²) >= 11 is 7.87. The highest BCUT2D eigenvalue weighted by Crippen LogP contribution is 2.37. The Labute approximate surface area is 329 Å². The molecule has 3 aromatic rings. The summed E-state index contributed by atoms with van der Waals surface area (Å²) in [7, 11) is 1.96. The van der Waals surface area contributed by atoms with Gasteiger partial charge in [0.25, 0.3) is 5.91 Å². The Morgan fingerprint density at radius 1 is 0.982 bits per heavy atom. The van der Waals surface area contributed by atoms with Crippen molar-refractivity contribution in [1.29, 1.82) is 0 Å². The van der Waals surface area contributed by atoms with E-state index in [1.54, 1.807) is 6.20 Å². The molecule has 15 nitrogen and oxygen atoms in total. The van der Waals surface area contributed by atoms with E-state index in [2.05, 4.69) is 36.7 Å². The number of carbonyl (C=O) groups is 5. The monoisotopic (exact) mass is 792 g/mol. The molecule has 2 aliphatic carbocycles. The number of fused-ring (bicyclic) bond motifs is 1. The van der Waals surface area contributed by atoms with Crippen molar-refractivity contribution in [2.75, 3.05) is 11.9 Å². The van der Waals surface area contributed by atoms with E-state index in [9.17, 15) is 24.0 Å². The van der Waals surface area contributed by atoms with Gasteiger partial charge in [0.2, 0.25) is 23.7 Å². The SMILES string of the molecule is Cn1ncc(-c2nc(N[C@H]3CC[C@H](NC(=O)CCCCCCNC(=O)NCc4cc5c(s4)C(=O)N(C4CCC(=O)NC4=O)C5)CC3)ncc2Cl)c1CC1CC1. The molecule has 55 heavy (non-hydrogen) atoms. The van der Waals surface area contributed by atoms with Gasteiger partial charge in [0.1, 0.15) is 6.04 Å². The number of halogens is 1. The van der Waals surface area contributed by atoms with Crippen LogP contribution in [-0.4, -0.2) is 79.0 Å². The van der Waals surface area contributed by atoms with Crippen LogP contribution in [0.2, 0.25) is 5.02 Å². The van der Waals surface area contributed by atoms with Gasteiger partial charge < -0.3 is 26.2 Å². The van der Waals surface area contributed by atoms with Crippen molar-refractivity contribution in [3.05, 3.63) is 44.5 Å². The third-order valence-electron chi connectivity index (χ3n) is 10.9. The zero-order valence-electron chi connectivity index (χ0n) is 31.1. The van der Waals surface area contributed by atoms with Crippen LogP contribution in [0.4, 0.5) is 10.7 Å². The average Bonchev–Trinajstić information content (AvgIpc) is 3.68. The Balaban J connectivity index is 0.728. The quantitative estimate of drug-likeness (QED) is 0.102. The van der Waals surface area contributed by atoms with Crippen LogP contribution >= 0.6 is 22.9 Å². The van der Waals surface area contributed by atoms with Gasteiger partial charge in [0.15, 0.2) is 0 Å². The van der Waals surface area contributed by atoms with Gasteiger partial charge >= 0.3 is 6.03 Å². The molecule has 1 saturated heterocycles. The summed E-state index contributed by atoms with van der Waals surface area (Å²) in [4.78, 5) is 73.8. The molecular weight excluding hydrogens is 744 g/mol. The van der Waals surface area contributed by atoms with Crippen LogP contribution < -0.4 is 26.6 Å². The van der Waals surface area contributed by atoms with Gasteiger partial charge in [-0.2, -0.15) is 5.10 Å². The second kappa shape index (κ2) is 17.5. The number of unbranched alkanes of at least 4 members (excludes halogenated alkanes) is 3. The second-order valence-corrected chi connectivity index (χ2v) is 16.7. The first kappa shape index (κ1) is 38.7. The first-order valence-electron chi connectivity index (χ1n) is 19.5. The largest absolute Gasteiger partial charge is 0.353 e. The molecule has 5 N–H and O–H groups in total. The Morgan fingerprint density at radius 2 is 1.76 bits per heavy atom. The number of nitrogens with zero attached hydrogens (tertiary/aromatic N) is 5. The molecule has 0 spiro atoms. The van der Waals surface area contributed by atoms with Gasteiger partial charge in [-0.05, 0) is 81.8 Å². The number of piperidine rings is 1. The summed E-state index contributed by atoms with van der Waals surface area (Å²) in [5.41, 5.74) is 3.67. The Bertz CT molecular complexity index is 1920. The average molecular weight is 793 g/mol. The van der Waals surface area contributed by atoms with Crippen LogP contribution in [0.25, 0.3) is 11.3 Å². The van der Waals surface area contributed by atoms with Crippen molar-refractivity contribution in [3.8, 4) is 11.3 Å². The first-order valence-corrected chi connectivity index (χ1v) is 20.7. The standard InChI is InChI=1S/C38H49ClN10O5S/c1-48-30(16-22-7-8-22)27(19-43-48)33-28(39)20-41-37(47-33)45-25-11-9-24(10-12-25)44-31(50)6-4-2-3-5-15-40-38(54)42-18-26-17-23-21-49(36(53)34(23)55-26)29-13-14-32(51)46-35(29)52/h17,19-20,22,24-25,29H,2-16,18,21H2,1H3,(H,44,50)(H2,40,42,54)(H,41,45,47)(H,46,51,52)/t24-,25-,29?. The highest BCUT2D eigenvalue weighted by atomic mass is 35.5. The van der Waals surface area contributed by atoms with E-state index in [-0.39, 0.29) is 42.3 Å². The summed E-state index contributed by atoms with van der Waals surface area (Å²) in [5.74, 6) is 0.413. The maximum absolute atomic E-state index is 12.9. The smallest absolute Gasteiger partial charge is 0.315 e. The number of aromatic nitrogens is 4. The van der Waals surface area contributed by atoms with Gasteiger partial charge in [-0.1, -0.05) is 24.4 Å². The van der Waals surface area contributed by atoms with Crippen molar-refractivity contribution in [3.63, 3.8) is 0 Å². The van der Waals surface area contributed by atoms with Crippen molar-refractivity contribution >= 4 is 58.5 Å². The van der Waals surface area contributed by atoms with E-state index >= 15 is 0 Å². The second-order valence-electron chi connectivity index (χ2n) is 15.2. The van der Waals surface area contributed by atoms with E-state index in [0.717, 1.165) is 79.5 Å². The van der Waals surface area contributed by atoms with Crippen molar-refractivity contribution in [2.24, 2.45) is 13.0 Å². The zero-order chi connectivity index (χ0) is 38.5. The predicted octanol–water partition coefficient (Wildman–Crippen LogP) is 4.59. The molecule has 5 heterocycles. The molecule has 1 atom stereocenters. The van der Waals surface area contributed by atoms with Crippen LogP contribution in [0, 0.1) is 5.92 Å². The van der Waals surface area contributed by atoms with E-state index in [1.807, 2.05) is 24.0 Å². The normalized spacial score (nSPS) is 20.9. The van der Waals surface area contributed by atoms with Crippen LogP contribution in [0.3, 0.4) is 0 Å². The Hall–Kier alpha value is -4.57. The number of anilines is 1. The number of hydrogen-bond acceptors (Lipinski definition) is 10. The molecule has 2 saturated carbocycles. The maximum Gasteiger partial charge on any atom is 0.315 e. The highest BCUT2D eigenvalue weighted by Gasteiger charge is 2.40. The van der Waals surface area contributed by atoms with Gasteiger partial charge in [-0.3, -0.25) is 29.2 Å². The van der Waals surface area contributed by atoms with Crippen LogP contribution in [0.15, 0.2) is 18.5 Å². The molecule has 17 heteroatoms. The third kappa shape index (κ3) is 9.82. The fourth-order valence-electron chi connectivity index (χ4n) is 7.67. The minimum Gasteiger partial charge on any atom is -0.353 e. The third-order valence-corrected chi connectivity index (χ3v) is 12.4. The molecular formula is C38H49ClN10O5S. The summed E-state index contributed by atoms with van der Waals surface area (Å²) in [6, 6.07) is 1.37. The molecule has 294 valence electrons. The van der Waals surface area contributed by atoms with Crippen molar-refractivity contribution in [1.82, 2.24) is 45.9 Å². The van der Waals surface area contributed by atoms with Gasteiger partial charge in [0.05, 0.1) is 34.5 Å². The highest BCUT2D eigenvalue weighted by molar-refractivity contribution is 7.14. The fourth-order valence-corrected chi connectivity index (χ4v) is 8.93. The molecule has 2 aliphatic heterocycles. The first-order chi connectivity index (χ1) is 26.6. The number of nitrogens with one attached hydrogen (secondary N) is 5. The predicted molar refractivity (Wildman–Crippen MR) is 207 cm³/mol. The van der Waals surface area contributed by atoms with Crippen LogP contribution in [0.1, 0.15) is 109 Å². The molecule has 3 fully saturated rings. The van der Waals surface area contributed by atoms with Gasteiger partial charge in [0, 0.05) is 61.2 Å². The summed E-state index contributed by atoms with van der Waals surface area (Å²) in [5, 5.41) is 19.7. The molecule has 7 rings (SSSR count). The van der Waals surface area contributed by atoms with Crippen LogP contribution in [-0.2, 0) is 40.9 Å². The van der Waals surface area contributed by atoms with Crippen molar-refractivity contribution in [2.45, 2.75) is 121 Å². The summed E-state index contributed by atoms with van der Waals surface area (Å²) in [6.07, 6.45) is 15.1. The van der Waals surface area contributed by atoms with Crippen molar-refractivity contribution < 1.29 is 24.0 Å². The number of hydrogen-bond donors (Lipinski definition) is 5. The number of amides is 6. The Morgan fingerprint density at radius 3 is 2.53 bits per heavy atom. The molecule has 0 radical (unpaired) electrons. The zero-order valence-corrected chi connectivity index (χ0v) is 32.7. The van der Waals surface area contributed by atoms with Gasteiger partial charge in [-0.15, -0.1) is 11.3 Å². The Kier molecular flexibility index (Phi) is 12.3. The lowest BCUT2D eigenvalue weighted by Crippen LogP contribution is -2.52. The lowest BCUT2D eigenvalue weighted by Gasteiger charge is -2.29.